The van der Waals surface area contributed by atoms with Gasteiger partial charge in [0.25, 0.3) is 0 Å². The van der Waals surface area contributed by atoms with Gasteiger partial charge >= 0.3 is 0 Å². The Morgan fingerprint density at radius 3 is 2.66 bits per heavy atom. The standard InChI is InChI=1S/C29H47N3O3/c1-20(17-32-18-21(15-30-4)16-31-32)29(34)11-9-25-23-7-6-22-14-28(33,19-35-5)13-12-26(22,2)24(23)8-10-27(25,29)3/h15-16,18,20,22-25,33-34H,6-14,17,19H2,1-5H3/b30-15-/t20-,22-,23-,24+,25+,26+,27+,28-,29+/m1/s1. The van der Waals surface area contributed by atoms with E-state index >= 15 is 0 Å². The number of aliphatic hydroxyl groups is 2. The Labute approximate surface area is 211 Å². The maximum absolute atomic E-state index is 12.3. The lowest BCUT2D eigenvalue weighted by molar-refractivity contribution is -0.187. The summed E-state index contributed by atoms with van der Waals surface area (Å²) in [6.45, 7) is 8.36. The van der Waals surface area contributed by atoms with Gasteiger partial charge in [-0.3, -0.25) is 9.67 Å². The third kappa shape index (κ3) is 3.93. The van der Waals surface area contributed by atoms with Crippen LogP contribution in [0.4, 0.5) is 0 Å². The fourth-order valence-corrected chi connectivity index (χ4v) is 9.71. The van der Waals surface area contributed by atoms with Crippen LogP contribution >= 0.6 is 0 Å². The molecule has 1 aromatic rings. The van der Waals surface area contributed by atoms with E-state index in [1.54, 1.807) is 14.2 Å². The monoisotopic (exact) mass is 485 g/mol. The Morgan fingerprint density at radius 2 is 1.91 bits per heavy atom. The Balaban J connectivity index is 1.33. The molecule has 0 aliphatic heterocycles. The number of nitrogens with zero attached hydrogens (tertiary/aromatic N) is 3. The summed E-state index contributed by atoms with van der Waals surface area (Å²) in [5, 5.41) is 27.9. The predicted octanol–water partition coefficient (Wildman–Crippen LogP) is 4.72. The topological polar surface area (TPSA) is 79.9 Å². The van der Waals surface area contributed by atoms with Crippen LogP contribution < -0.4 is 0 Å². The minimum atomic E-state index is -0.656. The van der Waals surface area contributed by atoms with Gasteiger partial charge in [0.2, 0.25) is 0 Å². The zero-order chi connectivity index (χ0) is 25.1. The quantitative estimate of drug-likeness (QED) is 0.572. The fraction of sp³-hybridized carbons (Fsp3) is 0.862. The Bertz CT molecular complexity index is 947. The van der Waals surface area contributed by atoms with Gasteiger partial charge in [0, 0.05) is 44.6 Å². The van der Waals surface area contributed by atoms with Crippen molar-refractivity contribution in [2.75, 3.05) is 20.8 Å². The zero-order valence-electron chi connectivity index (χ0n) is 22.5. The second kappa shape index (κ2) is 8.95. The summed E-state index contributed by atoms with van der Waals surface area (Å²) >= 11 is 0. The maximum atomic E-state index is 12.3. The van der Waals surface area contributed by atoms with Crippen LogP contribution in [0.2, 0.25) is 0 Å². The lowest BCUT2D eigenvalue weighted by atomic mass is 9.43. The van der Waals surface area contributed by atoms with Crippen molar-refractivity contribution in [1.29, 1.82) is 0 Å². The molecule has 9 atom stereocenters. The summed E-state index contributed by atoms with van der Waals surface area (Å²) in [6, 6.07) is 0. The normalized spacial score (nSPS) is 46.3. The van der Waals surface area contributed by atoms with E-state index in [4.69, 9.17) is 4.74 Å². The van der Waals surface area contributed by atoms with E-state index in [2.05, 4.69) is 30.9 Å². The van der Waals surface area contributed by atoms with Gasteiger partial charge in [0.05, 0.1) is 24.0 Å². The minimum absolute atomic E-state index is 0.0386. The van der Waals surface area contributed by atoms with E-state index in [0.717, 1.165) is 50.6 Å². The van der Waals surface area contributed by atoms with Crippen LogP contribution in [0, 0.1) is 40.4 Å². The van der Waals surface area contributed by atoms with Crippen molar-refractivity contribution < 1.29 is 14.9 Å². The molecule has 1 heterocycles. The van der Waals surface area contributed by atoms with Crippen LogP contribution in [-0.4, -0.2) is 58.2 Å². The molecule has 6 heteroatoms. The Kier molecular flexibility index (Phi) is 6.50. The predicted molar refractivity (Wildman–Crippen MR) is 138 cm³/mol. The molecule has 1 aromatic heterocycles. The molecule has 4 saturated carbocycles. The number of fused-ring (bicyclic) bond motifs is 5. The lowest BCUT2D eigenvalue weighted by Crippen LogP contribution is -2.59. The Morgan fingerprint density at radius 1 is 1.14 bits per heavy atom. The van der Waals surface area contributed by atoms with E-state index in [-0.39, 0.29) is 11.3 Å². The number of aliphatic imine (C=N–C) groups is 1. The molecule has 0 aromatic carbocycles. The van der Waals surface area contributed by atoms with E-state index in [0.29, 0.717) is 35.7 Å². The average molecular weight is 486 g/mol. The number of methoxy groups -OCH3 is 1. The fourth-order valence-electron chi connectivity index (χ4n) is 9.71. The third-order valence-corrected chi connectivity index (χ3v) is 11.7. The molecule has 0 bridgehead atoms. The SMILES string of the molecule is C/N=C\c1cnn(C[C@@H](C)[C@@]2(O)CC[C@H]3[C@@H]4CC[C@@H]5C[C@@](O)(COC)CC[C@]5(C)[C@H]4CC[C@@]32C)c1. The number of hydrogen-bond acceptors (Lipinski definition) is 5. The van der Waals surface area contributed by atoms with E-state index in [1.165, 1.54) is 19.3 Å². The first kappa shape index (κ1) is 25.4. The number of rotatable bonds is 6. The minimum Gasteiger partial charge on any atom is -0.389 e. The number of ether oxygens (including phenoxy) is 1. The highest BCUT2D eigenvalue weighted by Gasteiger charge is 2.66. The third-order valence-electron chi connectivity index (χ3n) is 11.7. The molecule has 196 valence electrons. The lowest BCUT2D eigenvalue weighted by Gasteiger charge is -2.63. The summed E-state index contributed by atoms with van der Waals surface area (Å²) < 4.78 is 7.37. The largest absolute Gasteiger partial charge is 0.389 e. The van der Waals surface area contributed by atoms with Gasteiger partial charge < -0.3 is 14.9 Å². The highest BCUT2D eigenvalue weighted by molar-refractivity contribution is 5.78. The molecule has 0 unspecified atom stereocenters. The van der Waals surface area contributed by atoms with Crippen molar-refractivity contribution in [3.63, 3.8) is 0 Å². The number of hydrogen-bond donors (Lipinski definition) is 2. The molecular formula is C29H47N3O3. The van der Waals surface area contributed by atoms with Crippen LogP contribution in [0.3, 0.4) is 0 Å². The first-order valence-corrected chi connectivity index (χ1v) is 14.0. The van der Waals surface area contributed by atoms with Crippen molar-refractivity contribution in [1.82, 2.24) is 9.78 Å². The van der Waals surface area contributed by atoms with E-state index in [9.17, 15) is 10.2 Å². The second-order valence-corrected chi connectivity index (χ2v) is 13.2. The molecule has 4 aliphatic carbocycles. The molecule has 4 fully saturated rings. The van der Waals surface area contributed by atoms with Crippen molar-refractivity contribution >= 4 is 6.21 Å². The molecule has 0 spiro atoms. The van der Waals surface area contributed by atoms with Crippen molar-refractivity contribution in [2.24, 2.45) is 45.4 Å². The van der Waals surface area contributed by atoms with Gasteiger partial charge in [0.15, 0.2) is 0 Å². The second-order valence-electron chi connectivity index (χ2n) is 13.2. The summed E-state index contributed by atoms with van der Waals surface area (Å²) in [6.07, 6.45) is 15.4. The summed E-state index contributed by atoms with van der Waals surface area (Å²) in [4.78, 5) is 4.10. The van der Waals surface area contributed by atoms with Crippen LogP contribution in [0.15, 0.2) is 17.4 Å². The van der Waals surface area contributed by atoms with Crippen LogP contribution in [-0.2, 0) is 11.3 Å². The van der Waals surface area contributed by atoms with Crippen molar-refractivity contribution in [2.45, 2.75) is 96.3 Å². The summed E-state index contributed by atoms with van der Waals surface area (Å²) in [5.74, 6) is 2.73. The van der Waals surface area contributed by atoms with Gasteiger partial charge in [-0.25, -0.2) is 0 Å². The molecule has 5 rings (SSSR count). The average Bonchev–Trinajstić information content (AvgIpc) is 3.37. The molecule has 35 heavy (non-hydrogen) atoms. The Hall–Kier alpha value is -1.24. The first-order chi connectivity index (χ1) is 16.6. The molecule has 2 N–H and O–H groups in total. The van der Waals surface area contributed by atoms with Gasteiger partial charge in [0.1, 0.15) is 0 Å². The highest BCUT2D eigenvalue weighted by atomic mass is 16.5. The van der Waals surface area contributed by atoms with Crippen LogP contribution in [0.1, 0.15) is 84.1 Å². The van der Waals surface area contributed by atoms with Gasteiger partial charge in [-0.15, -0.1) is 0 Å². The summed E-state index contributed by atoms with van der Waals surface area (Å²) in [5.41, 5.74) is -0.0202. The smallest absolute Gasteiger partial charge is 0.0883 e. The van der Waals surface area contributed by atoms with Gasteiger partial charge in [-0.05, 0) is 92.3 Å². The zero-order valence-corrected chi connectivity index (χ0v) is 22.5. The molecule has 6 nitrogen and oxygen atoms in total. The molecule has 0 amide bonds. The number of aromatic nitrogens is 2. The van der Waals surface area contributed by atoms with E-state index < -0.39 is 11.2 Å². The maximum Gasteiger partial charge on any atom is 0.0883 e. The summed E-state index contributed by atoms with van der Waals surface area (Å²) in [7, 11) is 3.48. The molecular weight excluding hydrogens is 438 g/mol. The highest BCUT2D eigenvalue weighted by Crippen LogP contribution is 2.69. The van der Waals surface area contributed by atoms with Gasteiger partial charge in [-0.2, -0.15) is 5.10 Å². The molecule has 4 aliphatic rings. The van der Waals surface area contributed by atoms with E-state index in [1.807, 2.05) is 23.3 Å². The molecule has 0 saturated heterocycles. The van der Waals surface area contributed by atoms with Crippen LogP contribution in [0.25, 0.3) is 0 Å². The van der Waals surface area contributed by atoms with Crippen LogP contribution in [0.5, 0.6) is 0 Å². The van der Waals surface area contributed by atoms with Crippen molar-refractivity contribution in [3.05, 3.63) is 18.0 Å². The molecule has 0 radical (unpaired) electrons. The first-order valence-electron chi connectivity index (χ1n) is 14.0. The van der Waals surface area contributed by atoms with Gasteiger partial charge in [-0.1, -0.05) is 20.8 Å². The van der Waals surface area contributed by atoms with Crippen molar-refractivity contribution in [3.8, 4) is 0 Å².